The Morgan fingerprint density at radius 1 is 1.26 bits per heavy atom. The van der Waals surface area contributed by atoms with Crippen molar-refractivity contribution >= 4 is 15.9 Å². The summed E-state index contributed by atoms with van der Waals surface area (Å²) in [4.78, 5) is 0. The summed E-state index contributed by atoms with van der Waals surface area (Å²) >= 11 is 0. The van der Waals surface area contributed by atoms with Crippen LogP contribution in [0.25, 0.3) is 0 Å². The number of halogens is 1. The van der Waals surface area contributed by atoms with Crippen molar-refractivity contribution in [1.82, 2.24) is 4.31 Å². The summed E-state index contributed by atoms with van der Waals surface area (Å²) in [5, 5.41) is 0. The highest BCUT2D eigenvalue weighted by atomic mass is 32.2. The van der Waals surface area contributed by atoms with E-state index in [0.717, 1.165) is 19.3 Å². The SMILES string of the molecule is NCc1cc(F)ccc1NS(=O)(=O)N1CCCCC1. The number of anilines is 1. The Balaban J connectivity index is 2.19. The third kappa shape index (κ3) is 3.43. The maximum absolute atomic E-state index is 13.1. The molecule has 5 nitrogen and oxygen atoms in total. The summed E-state index contributed by atoms with van der Waals surface area (Å²) in [6.07, 6.45) is 2.79. The molecule has 0 bridgehead atoms. The molecule has 0 unspecified atom stereocenters. The second-order valence-electron chi connectivity index (χ2n) is 4.57. The van der Waals surface area contributed by atoms with Crippen LogP contribution in [0.15, 0.2) is 18.2 Å². The largest absolute Gasteiger partial charge is 0.326 e. The summed E-state index contributed by atoms with van der Waals surface area (Å²) < 4.78 is 41.4. The van der Waals surface area contributed by atoms with E-state index >= 15 is 0 Å². The maximum Gasteiger partial charge on any atom is 0.301 e. The molecule has 0 aliphatic carbocycles. The topological polar surface area (TPSA) is 75.4 Å². The van der Waals surface area contributed by atoms with E-state index in [1.807, 2.05) is 0 Å². The summed E-state index contributed by atoms with van der Waals surface area (Å²) in [7, 11) is -3.58. The highest BCUT2D eigenvalue weighted by Gasteiger charge is 2.24. The van der Waals surface area contributed by atoms with Gasteiger partial charge in [-0.15, -0.1) is 0 Å². The van der Waals surface area contributed by atoms with Gasteiger partial charge in [0, 0.05) is 19.6 Å². The van der Waals surface area contributed by atoms with Gasteiger partial charge in [-0.2, -0.15) is 12.7 Å². The minimum absolute atomic E-state index is 0.0790. The van der Waals surface area contributed by atoms with Crippen molar-refractivity contribution in [2.24, 2.45) is 5.73 Å². The first-order chi connectivity index (χ1) is 9.03. The monoisotopic (exact) mass is 287 g/mol. The number of piperidine rings is 1. The fourth-order valence-corrected chi connectivity index (χ4v) is 3.48. The van der Waals surface area contributed by atoms with Gasteiger partial charge >= 0.3 is 10.2 Å². The van der Waals surface area contributed by atoms with Crippen molar-refractivity contribution in [2.45, 2.75) is 25.8 Å². The zero-order chi connectivity index (χ0) is 13.9. The molecule has 19 heavy (non-hydrogen) atoms. The zero-order valence-electron chi connectivity index (χ0n) is 10.6. The van der Waals surface area contributed by atoms with Crippen LogP contribution < -0.4 is 10.5 Å². The summed E-state index contributed by atoms with van der Waals surface area (Å²) in [5.41, 5.74) is 6.29. The minimum atomic E-state index is -3.58. The Hall–Kier alpha value is -1.18. The lowest BCUT2D eigenvalue weighted by Crippen LogP contribution is -2.39. The van der Waals surface area contributed by atoms with Gasteiger partial charge < -0.3 is 5.73 Å². The number of benzene rings is 1. The van der Waals surface area contributed by atoms with Crippen molar-refractivity contribution in [3.8, 4) is 0 Å². The quantitative estimate of drug-likeness (QED) is 0.879. The highest BCUT2D eigenvalue weighted by molar-refractivity contribution is 7.90. The lowest BCUT2D eigenvalue weighted by molar-refractivity contribution is 0.349. The molecule has 0 radical (unpaired) electrons. The molecule has 1 aromatic carbocycles. The van der Waals surface area contributed by atoms with Crippen molar-refractivity contribution in [1.29, 1.82) is 0 Å². The Bertz CT molecular complexity index is 542. The van der Waals surface area contributed by atoms with Crippen molar-refractivity contribution in [3.05, 3.63) is 29.6 Å². The van der Waals surface area contributed by atoms with Crippen molar-refractivity contribution < 1.29 is 12.8 Å². The van der Waals surface area contributed by atoms with Gasteiger partial charge in [0.25, 0.3) is 0 Å². The summed E-state index contributed by atoms with van der Waals surface area (Å²) in [6.45, 7) is 1.12. The zero-order valence-corrected chi connectivity index (χ0v) is 11.4. The van der Waals surface area contributed by atoms with Crippen LogP contribution in [-0.4, -0.2) is 25.8 Å². The van der Waals surface area contributed by atoms with Gasteiger partial charge in [0.2, 0.25) is 0 Å². The van der Waals surface area contributed by atoms with Crippen LogP contribution in [0, 0.1) is 5.82 Å². The molecule has 0 aromatic heterocycles. The third-order valence-electron chi connectivity index (χ3n) is 3.18. The highest BCUT2D eigenvalue weighted by Crippen LogP contribution is 2.20. The Morgan fingerprint density at radius 2 is 1.95 bits per heavy atom. The molecule has 7 heteroatoms. The molecule has 0 amide bonds. The van der Waals surface area contributed by atoms with Crippen molar-refractivity contribution in [3.63, 3.8) is 0 Å². The lowest BCUT2D eigenvalue weighted by Gasteiger charge is -2.26. The van der Waals surface area contributed by atoms with Gasteiger partial charge in [-0.1, -0.05) is 6.42 Å². The number of hydrogen-bond acceptors (Lipinski definition) is 3. The van der Waals surface area contributed by atoms with E-state index in [1.165, 1.54) is 22.5 Å². The average Bonchev–Trinajstić information content (AvgIpc) is 2.41. The van der Waals surface area contributed by atoms with Crippen LogP contribution in [-0.2, 0) is 16.8 Å². The lowest BCUT2D eigenvalue weighted by atomic mass is 10.2. The first kappa shape index (κ1) is 14.2. The molecule has 0 atom stereocenters. The molecule has 0 saturated carbocycles. The first-order valence-corrected chi connectivity index (χ1v) is 7.73. The normalized spacial score (nSPS) is 17.4. The molecule has 1 fully saturated rings. The fraction of sp³-hybridized carbons (Fsp3) is 0.500. The smallest absolute Gasteiger partial charge is 0.301 e. The number of hydrogen-bond donors (Lipinski definition) is 2. The van der Waals surface area contributed by atoms with E-state index in [1.54, 1.807) is 0 Å². The van der Waals surface area contributed by atoms with E-state index < -0.39 is 16.0 Å². The van der Waals surface area contributed by atoms with Crippen molar-refractivity contribution in [2.75, 3.05) is 17.8 Å². The second kappa shape index (κ2) is 5.85. The van der Waals surface area contributed by atoms with Gasteiger partial charge in [-0.3, -0.25) is 4.72 Å². The van der Waals surface area contributed by atoms with Crippen LogP contribution >= 0.6 is 0 Å². The van der Waals surface area contributed by atoms with E-state index in [4.69, 9.17) is 5.73 Å². The molecule has 1 aromatic rings. The van der Waals surface area contributed by atoms with E-state index in [2.05, 4.69) is 4.72 Å². The average molecular weight is 287 g/mol. The number of nitrogens with two attached hydrogens (primary N) is 1. The van der Waals surface area contributed by atoms with Gasteiger partial charge in [-0.05, 0) is 36.6 Å². The number of nitrogens with zero attached hydrogens (tertiary/aromatic N) is 1. The Labute approximate surface area is 112 Å². The second-order valence-corrected chi connectivity index (χ2v) is 6.24. The molecule has 3 N–H and O–H groups in total. The minimum Gasteiger partial charge on any atom is -0.326 e. The maximum atomic E-state index is 13.1. The molecule has 2 rings (SSSR count). The predicted octanol–water partition coefficient (Wildman–Crippen LogP) is 1.43. The van der Waals surface area contributed by atoms with Gasteiger partial charge in [-0.25, -0.2) is 4.39 Å². The van der Waals surface area contributed by atoms with Crippen LogP contribution in [0.4, 0.5) is 10.1 Å². The molecular formula is C12H18FN3O2S. The molecule has 1 saturated heterocycles. The summed E-state index contributed by atoms with van der Waals surface area (Å²) in [6, 6.07) is 3.86. The Morgan fingerprint density at radius 3 is 2.58 bits per heavy atom. The first-order valence-electron chi connectivity index (χ1n) is 6.29. The van der Waals surface area contributed by atoms with Gasteiger partial charge in [0.1, 0.15) is 5.82 Å². The molecule has 1 aliphatic rings. The van der Waals surface area contributed by atoms with Gasteiger partial charge in [0.15, 0.2) is 0 Å². The van der Waals surface area contributed by atoms with E-state index in [9.17, 15) is 12.8 Å². The van der Waals surface area contributed by atoms with Gasteiger partial charge in [0.05, 0.1) is 5.69 Å². The third-order valence-corrected chi connectivity index (χ3v) is 4.70. The van der Waals surface area contributed by atoms with Crippen LogP contribution in [0.2, 0.25) is 0 Å². The molecular weight excluding hydrogens is 269 g/mol. The fourth-order valence-electron chi connectivity index (χ4n) is 2.14. The standard InChI is InChI=1S/C12H18FN3O2S/c13-11-4-5-12(10(8-11)9-14)15-19(17,18)16-6-2-1-3-7-16/h4-5,8,15H,1-3,6-7,9,14H2. The molecule has 106 valence electrons. The molecule has 0 spiro atoms. The van der Waals surface area contributed by atoms with Crippen LogP contribution in [0.5, 0.6) is 0 Å². The van der Waals surface area contributed by atoms with Crippen LogP contribution in [0.1, 0.15) is 24.8 Å². The van der Waals surface area contributed by atoms with E-state index in [0.29, 0.717) is 24.3 Å². The van der Waals surface area contributed by atoms with Crippen LogP contribution in [0.3, 0.4) is 0 Å². The molecule has 1 heterocycles. The predicted molar refractivity (Wildman–Crippen MR) is 72.3 cm³/mol. The Kier molecular flexibility index (Phi) is 4.38. The number of rotatable bonds is 4. The summed E-state index contributed by atoms with van der Waals surface area (Å²) in [5.74, 6) is -0.429. The number of nitrogens with one attached hydrogen (secondary N) is 1. The molecule has 1 aliphatic heterocycles. The van der Waals surface area contributed by atoms with E-state index in [-0.39, 0.29) is 6.54 Å².